The number of unbranched alkanes of at least 4 members (excludes halogenated alkanes) is 1. The minimum Gasteiger partial charge on any atom is -0.298 e. The average molecular weight is 446 g/mol. The van der Waals surface area contributed by atoms with Crippen molar-refractivity contribution in [2.24, 2.45) is 0 Å². The molecule has 0 bridgehead atoms. The summed E-state index contributed by atoms with van der Waals surface area (Å²) in [7, 11) is -3.56. The minimum atomic E-state index is -3.56. The van der Waals surface area contributed by atoms with E-state index >= 15 is 0 Å². The van der Waals surface area contributed by atoms with Crippen LogP contribution in [0.1, 0.15) is 48.2 Å². The quantitative estimate of drug-likeness (QED) is 0.530. The molecule has 0 aliphatic carbocycles. The van der Waals surface area contributed by atoms with Gasteiger partial charge in [-0.3, -0.25) is 10.1 Å². The lowest BCUT2D eigenvalue weighted by Crippen LogP contribution is -2.31. The van der Waals surface area contributed by atoms with Crippen LogP contribution in [0.25, 0.3) is 10.2 Å². The molecule has 0 saturated heterocycles. The van der Waals surface area contributed by atoms with Crippen LogP contribution in [-0.4, -0.2) is 36.7 Å². The predicted molar refractivity (Wildman–Crippen MR) is 123 cm³/mol. The van der Waals surface area contributed by atoms with Crippen LogP contribution in [0.4, 0.5) is 5.13 Å². The number of hydrogen-bond acceptors (Lipinski definition) is 5. The van der Waals surface area contributed by atoms with Gasteiger partial charge in [0.1, 0.15) is 0 Å². The summed E-state index contributed by atoms with van der Waals surface area (Å²) in [5, 5.41) is 3.36. The fourth-order valence-corrected chi connectivity index (χ4v) is 5.69. The molecule has 0 unspecified atom stereocenters. The zero-order valence-corrected chi connectivity index (χ0v) is 19.4. The summed E-state index contributed by atoms with van der Waals surface area (Å²) in [6, 6.07) is 10.1. The van der Waals surface area contributed by atoms with Gasteiger partial charge in [0.15, 0.2) is 5.13 Å². The van der Waals surface area contributed by atoms with Crippen molar-refractivity contribution in [1.82, 2.24) is 9.29 Å². The van der Waals surface area contributed by atoms with Crippen molar-refractivity contribution in [1.29, 1.82) is 0 Å². The molecule has 160 valence electrons. The van der Waals surface area contributed by atoms with E-state index < -0.39 is 10.0 Å². The van der Waals surface area contributed by atoms with Crippen LogP contribution in [0.5, 0.6) is 0 Å². The van der Waals surface area contributed by atoms with Crippen molar-refractivity contribution in [3.05, 3.63) is 53.1 Å². The van der Waals surface area contributed by atoms with E-state index in [9.17, 15) is 13.2 Å². The second-order valence-electron chi connectivity index (χ2n) is 7.22. The molecule has 0 saturated carbocycles. The maximum Gasteiger partial charge on any atom is 0.257 e. The van der Waals surface area contributed by atoms with Gasteiger partial charge in [-0.2, -0.15) is 4.31 Å². The summed E-state index contributed by atoms with van der Waals surface area (Å²) in [6.07, 6.45) is 1.74. The molecule has 1 heterocycles. The molecule has 8 heteroatoms. The lowest BCUT2D eigenvalue weighted by Gasteiger charge is -2.20. The van der Waals surface area contributed by atoms with Gasteiger partial charge in [-0.15, -0.1) is 0 Å². The molecule has 1 amide bonds. The summed E-state index contributed by atoms with van der Waals surface area (Å²) in [5.74, 6) is -0.313. The van der Waals surface area contributed by atoms with Crippen LogP contribution in [0.2, 0.25) is 0 Å². The Hall–Kier alpha value is -2.29. The van der Waals surface area contributed by atoms with E-state index in [2.05, 4.69) is 10.3 Å². The van der Waals surface area contributed by atoms with E-state index in [1.807, 2.05) is 39.8 Å². The third-order valence-electron chi connectivity index (χ3n) is 5.03. The van der Waals surface area contributed by atoms with Gasteiger partial charge in [0.05, 0.1) is 15.1 Å². The van der Waals surface area contributed by atoms with Crippen LogP contribution in [-0.2, 0) is 10.0 Å². The van der Waals surface area contributed by atoms with Crippen LogP contribution in [0, 0.1) is 13.8 Å². The number of rotatable bonds is 8. The zero-order chi connectivity index (χ0) is 21.9. The van der Waals surface area contributed by atoms with E-state index in [0.717, 1.165) is 34.2 Å². The highest BCUT2D eigenvalue weighted by Crippen LogP contribution is 2.31. The molecule has 6 nitrogen and oxygen atoms in total. The maximum absolute atomic E-state index is 12.8. The highest BCUT2D eigenvalue weighted by Gasteiger charge is 2.23. The van der Waals surface area contributed by atoms with E-state index in [1.54, 1.807) is 12.1 Å². The third kappa shape index (κ3) is 4.55. The van der Waals surface area contributed by atoms with Crippen molar-refractivity contribution in [2.75, 3.05) is 18.4 Å². The Balaban J connectivity index is 1.78. The Bertz CT molecular complexity index is 1110. The first kappa shape index (κ1) is 22.4. The topological polar surface area (TPSA) is 79.4 Å². The Morgan fingerprint density at radius 3 is 2.33 bits per heavy atom. The molecular weight excluding hydrogens is 418 g/mol. The molecule has 30 heavy (non-hydrogen) atoms. The number of nitrogens with zero attached hydrogens (tertiary/aromatic N) is 2. The molecule has 0 radical (unpaired) electrons. The zero-order valence-electron chi connectivity index (χ0n) is 17.7. The Labute approximate surface area is 182 Å². The lowest BCUT2D eigenvalue weighted by atomic mass is 10.1. The van der Waals surface area contributed by atoms with Crippen molar-refractivity contribution in [2.45, 2.75) is 45.4 Å². The lowest BCUT2D eigenvalue weighted by molar-refractivity contribution is 0.102. The summed E-state index contributed by atoms with van der Waals surface area (Å²) >= 11 is 1.44. The summed E-state index contributed by atoms with van der Waals surface area (Å²) in [4.78, 5) is 17.4. The van der Waals surface area contributed by atoms with Gasteiger partial charge >= 0.3 is 0 Å². The Morgan fingerprint density at radius 1 is 1.07 bits per heavy atom. The molecule has 3 rings (SSSR count). The molecule has 0 aliphatic heterocycles. The molecule has 2 aromatic carbocycles. The second kappa shape index (κ2) is 9.24. The van der Waals surface area contributed by atoms with Crippen LogP contribution >= 0.6 is 11.3 Å². The van der Waals surface area contributed by atoms with Crippen molar-refractivity contribution in [3.8, 4) is 0 Å². The monoisotopic (exact) mass is 445 g/mol. The summed E-state index contributed by atoms with van der Waals surface area (Å²) < 4.78 is 28.2. The first-order chi connectivity index (χ1) is 14.3. The van der Waals surface area contributed by atoms with E-state index in [-0.39, 0.29) is 10.8 Å². The van der Waals surface area contributed by atoms with E-state index in [1.165, 1.54) is 27.8 Å². The second-order valence-corrected chi connectivity index (χ2v) is 10.2. The minimum absolute atomic E-state index is 0.197. The standard InChI is InChI=1S/C22H27N3O3S2/c1-5-7-14-25(6-2)30(27,28)18-12-10-17(11-13-18)21(26)24-22-23-19-15(3)8-9-16(4)20(19)29-22/h8-13H,5-7,14H2,1-4H3,(H,23,24,26). The number of thiazole rings is 1. The van der Waals surface area contributed by atoms with Gasteiger partial charge in [0.2, 0.25) is 10.0 Å². The van der Waals surface area contributed by atoms with Gasteiger partial charge in [-0.1, -0.05) is 43.7 Å². The molecule has 1 N–H and O–H groups in total. The number of benzene rings is 2. The maximum atomic E-state index is 12.8. The van der Waals surface area contributed by atoms with Crippen LogP contribution < -0.4 is 5.32 Å². The number of fused-ring (bicyclic) bond motifs is 1. The highest BCUT2D eigenvalue weighted by molar-refractivity contribution is 7.89. The molecule has 1 aromatic heterocycles. The summed E-state index contributed by atoms with van der Waals surface area (Å²) in [5.41, 5.74) is 3.46. The smallest absolute Gasteiger partial charge is 0.257 e. The Kier molecular flexibility index (Phi) is 6.90. The number of carbonyl (C=O) groups is 1. The number of sulfonamides is 1. The van der Waals surface area contributed by atoms with Crippen LogP contribution in [0.15, 0.2) is 41.3 Å². The number of amides is 1. The van der Waals surface area contributed by atoms with Gasteiger partial charge in [0, 0.05) is 18.7 Å². The SMILES string of the molecule is CCCCN(CC)S(=O)(=O)c1ccc(C(=O)Nc2nc3c(C)ccc(C)c3s2)cc1. The number of carbonyl (C=O) groups excluding carboxylic acids is 1. The summed E-state index contributed by atoms with van der Waals surface area (Å²) in [6.45, 7) is 8.78. The van der Waals surface area contributed by atoms with Crippen LogP contribution in [0.3, 0.4) is 0 Å². The molecular formula is C22H27N3O3S2. The number of nitrogens with one attached hydrogen (secondary N) is 1. The molecule has 0 fully saturated rings. The largest absolute Gasteiger partial charge is 0.298 e. The molecule has 0 spiro atoms. The fourth-order valence-electron chi connectivity index (χ4n) is 3.19. The fraction of sp³-hybridized carbons (Fsp3) is 0.364. The predicted octanol–water partition coefficient (Wildman–Crippen LogP) is 4.98. The first-order valence-corrected chi connectivity index (χ1v) is 12.3. The number of anilines is 1. The number of aryl methyl sites for hydroxylation is 2. The third-order valence-corrected chi connectivity index (χ3v) is 8.13. The first-order valence-electron chi connectivity index (χ1n) is 10.1. The van der Waals surface area contributed by atoms with Gasteiger partial charge < -0.3 is 0 Å². The average Bonchev–Trinajstić information content (AvgIpc) is 3.16. The van der Waals surface area contributed by atoms with E-state index in [4.69, 9.17) is 0 Å². The van der Waals surface area contributed by atoms with Gasteiger partial charge in [-0.25, -0.2) is 13.4 Å². The Morgan fingerprint density at radius 2 is 1.73 bits per heavy atom. The van der Waals surface area contributed by atoms with Crippen molar-refractivity contribution < 1.29 is 13.2 Å². The van der Waals surface area contributed by atoms with Gasteiger partial charge in [-0.05, 0) is 55.7 Å². The van der Waals surface area contributed by atoms with Gasteiger partial charge in [0.25, 0.3) is 5.91 Å². The molecule has 0 atom stereocenters. The number of hydrogen-bond donors (Lipinski definition) is 1. The molecule has 0 aliphatic rings. The normalized spacial score (nSPS) is 11.9. The van der Waals surface area contributed by atoms with Crippen molar-refractivity contribution in [3.63, 3.8) is 0 Å². The molecule has 3 aromatic rings. The highest BCUT2D eigenvalue weighted by atomic mass is 32.2. The van der Waals surface area contributed by atoms with Crippen molar-refractivity contribution >= 4 is 42.6 Å². The number of aromatic nitrogens is 1. The van der Waals surface area contributed by atoms with E-state index in [0.29, 0.717) is 23.8 Å².